The molecule has 1 saturated heterocycles. The van der Waals surface area contributed by atoms with Gasteiger partial charge in [0.05, 0.1) is 11.8 Å². The molecule has 1 N–H and O–H groups in total. The molecule has 2 aromatic rings. The number of rotatable bonds is 2. The highest BCUT2D eigenvalue weighted by Gasteiger charge is 2.30. The van der Waals surface area contributed by atoms with Gasteiger partial charge in [0.25, 0.3) is 5.91 Å². The van der Waals surface area contributed by atoms with Crippen LogP contribution in [0.2, 0.25) is 0 Å². The molecule has 3 rings (SSSR count). The number of aliphatic hydroxyl groups excluding tert-OH is 1. The van der Waals surface area contributed by atoms with E-state index in [4.69, 9.17) is 0 Å². The zero-order chi connectivity index (χ0) is 13.4. The third-order valence-corrected chi connectivity index (χ3v) is 3.52. The standard InChI is InChI=1S/C13H12BrN3O2/c14-9-2-1-3-10(6-9)17-5-4-12(15-17)13(19)16-7-11(18)8-16/h1-6,11,18H,7-8H2. The number of hydrogen-bond donors (Lipinski definition) is 1. The molecule has 1 aromatic carbocycles. The Balaban J connectivity index is 1.81. The van der Waals surface area contributed by atoms with Crippen LogP contribution in [0.3, 0.4) is 0 Å². The number of aliphatic hydroxyl groups is 1. The van der Waals surface area contributed by atoms with Gasteiger partial charge in [-0.25, -0.2) is 4.68 Å². The highest BCUT2D eigenvalue weighted by Crippen LogP contribution is 2.16. The molecule has 1 amide bonds. The van der Waals surface area contributed by atoms with Crippen molar-refractivity contribution in [2.45, 2.75) is 6.10 Å². The first-order chi connectivity index (χ1) is 9.13. The summed E-state index contributed by atoms with van der Waals surface area (Å²) in [7, 11) is 0. The van der Waals surface area contributed by atoms with E-state index in [2.05, 4.69) is 21.0 Å². The van der Waals surface area contributed by atoms with Gasteiger partial charge in [-0.05, 0) is 24.3 Å². The summed E-state index contributed by atoms with van der Waals surface area (Å²) >= 11 is 3.40. The number of halogens is 1. The minimum atomic E-state index is -0.392. The molecule has 0 spiro atoms. The van der Waals surface area contributed by atoms with Crippen LogP contribution in [0.5, 0.6) is 0 Å². The smallest absolute Gasteiger partial charge is 0.274 e. The minimum Gasteiger partial charge on any atom is -0.389 e. The van der Waals surface area contributed by atoms with E-state index in [1.54, 1.807) is 21.8 Å². The van der Waals surface area contributed by atoms with Crippen LogP contribution in [0.25, 0.3) is 5.69 Å². The lowest BCUT2D eigenvalue weighted by molar-refractivity contribution is 0.00547. The lowest BCUT2D eigenvalue weighted by Gasteiger charge is -2.35. The fourth-order valence-electron chi connectivity index (χ4n) is 1.98. The number of carbonyl (C=O) groups excluding carboxylic acids is 1. The fourth-order valence-corrected chi connectivity index (χ4v) is 2.37. The topological polar surface area (TPSA) is 58.4 Å². The number of amides is 1. The van der Waals surface area contributed by atoms with Gasteiger partial charge in [0.2, 0.25) is 0 Å². The largest absolute Gasteiger partial charge is 0.389 e. The van der Waals surface area contributed by atoms with Crippen molar-refractivity contribution in [1.82, 2.24) is 14.7 Å². The Bertz CT molecular complexity index is 620. The van der Waals surface area contributed by atoms with Gasteiger partial charge < -0.3 is 10.0 Å². The van der Waals surface area contributed by atoms with Gasteiger partial charge in [0.15, 0.2) is 5.69 Å². The van der Waals surface area contributed by atoms with E-state index in [0.29, 0.717) is 18.8 Å². The maximum absolute atomic E-state index is 12.0. The summed E-state index contributed by atoms with van der Waals surface area (Å²) < 4.78 is 2.62. The number of β-amino-alcohol motifs (C(OH)–C–C–N with tert-alkyl or cyclic N) is 1. The van der Waals surface area contributed by atoms with Crippen LogP contribution in [0, 0.1) is 0 Å². The van der Waals surface area contributed by atoms with Crippen LogP contribution in [-0.2, 0) is 0 Å². The van der Waals surface area contributed by atoms with Gasteiger partial charge >= 0.3 is 0 Å². The van der Waals surface area contributed by atoms with Crippen LogP contribution in [0.15, 0.2) is 41.0 Å². The molecule has 0 radical (unpaired) electrons. The number of hydrogen-bond acceptors (Lipinski definition) is 3. The minimum absolute atomic E-state index is 0.140. The zero-order valence-corrected chi connectivity index (χ0v) is 11.6. The Kier molecular flexibility index (Phi) is 3.12. The van der Waals surface area contributed by atoms with Crippen molar-refractivity contribution >= 4 is 21.8 Å². The van der Waals surface area contributed by atoms with Gasteiger partial charge in [-0.3, -0.25) is 4.79 Å². The molecule has 0 unspecified atom stereocenters. The summed E-state index contributed by atoms with van der Waals surface area (Å²) in [6, 6.07) is 9.37. The summed E-state index contributed by atoms with van der Waals surface area (Å²) in [5.74, 6) is -0.140. The van der Waals surface area contributed by atoms with Crippen LogP contribution in [0.4, 0.5) is 0 Å². The first kappa shape index (κ1) is 12.4. The average molecular weight is 322 g/mol. The SMILES string of the molecule is O=C(c1ccn(-c2cccc(Br)c2)n1)N1CC(O)C1. The van der Waals surface area contributed by atoms with E-state index in [1.807, 2.05) is 24.3 Å². The Morgan fingerprint density at radius 1 is 1.37 bits per heavy atom. The Hall–Kier alpha value is -1.66. The van der Waals surface area contributed by atoms with E-state index in [1.165, 1.54) is 0 Å². The van der Waals surface area contributed by atoms with Crippen molar-refractivity contribution in [2.75, 3.05) is 13.1 Å². The third kappa shape index (κ3) is 2.41. The maximum atomic E-state index is 12.0. The summed E-state index contributed by atoms with van der Waals surface area (Å²) in [6.07, 6.45) is 1.36. The van der Waals surface area contributed by atoms with Crippen LogP contribution < -0.4 is 0 Å². The van der Waals surface area contributed by atoms with Gasteiger partial charge in [0.1, 0.15) is 0 Å². The van der Waals surface area contributed by atoms with Crippen molar-refractivity contribution in [1.29, 1.82) is 0 Å². The fraction of sp³-hybridized carbons (Fsp3) is 0.231. The molecular formula is C13H12BrN3O2. The third-order valence-electron chi connectivity index (χ3n) is 3.03. The lowest BCUT2D eigenvalue weighted by atomic mass is 10.1. The highest BCUT2D eigenvalue weighted by atomic mass is 79.9. The van der Waals surface area contributed by atoms with Crippen LogP contribution in [0.1, 0.15) is 10.5 Å². The van der Waals surface area contributed by atoms with Crippen molar-refractivity contribution in [3.8, 4) is 5.69 Å². The van der Waals surface area contributed by atoms with Crippen molar-refractivity contribution in [3.63, 3.8) is 0 Å². The quantitative estimate of drug-likeness (QED) is 0.910. The average Bonchev–Trinajstić information content (AvgIpc) is 2.84. The second kappa shape index (κ2) is 4.79. The monoisotopic (exact) mass is 321 g/mol. The normalized spacial score (nSPS) is 15.4. The van der Waals surface area contributed by atoms with Crippen molar-refractivity contribution in [3.05, 3.63) is 46.7 Å². The number of aromatic nitrogens is 2. The second-order valence-corrected chi connectivity index (χ2v) is 5.41. The molecule has 1 aliphatic heterocycles. The Morgan fingerprint density at radius 2 is 2.16 bits per heavy atom. The zero-order valence-electron chi connectivity index (χ0n) is 10.0. The van der Waals surface area contributed by atoms with Gasteiger partial charge in [-0.2, -0.15) is 5.10 Å². The molecule has 0 aliphatic carbocycles. The molecule has 0 saturated carbocycles. The van der Waals surface area contributed by atoms with E-state index >= 15 is 0 Å². The van der Waals surface area contributed by atoms with E-state index in [0.717, 1.165) is 10.2 Å². The molecule has 6 heteroatoms. The van der Waals surface area contributed by atoms with Crippen molar-refractivity contribution < 1.29 is 9.90 Å². The molecular weight excluding hydrogens is 310 g/mol. The number of nitrogens with zero attached hydrogens (tertiary/aromatic N) is 3. The molecule has 1 aromatic heterocycles. The molecule has 5 nitrogen and oxygen atoms in total. The first-order valence-corrected chi connectivity index (χ1v) is 6.72. The molecule has 0 atom stereocenters. The van der Waals surface area contributed by atoms with Crippen molar-refractivity contribution in [2.24, 2.45) is 0 Å². The van der Waals surface area contributed by atoms with Crippen LogP contribution in [-0.4, -0.2) is 44.9 Å². The molecule has 2 heterocycles. The second-order valence-electron chi connectivity index (χ2n) is 4.49. The molecule has 1 aliphatic rings. The van der Waals surface area contributed by atoms with Crippen LogP contribution >= 0.6 is 15.9 Å². The Morgan fingerprint density at radius 3 is 2.84 bits per heavy atom. The summed E-state index contributed by atoms with van der Waals surface area (Å²) in [4.78, 5) is 13.6. The molecule has 1 fully saturated rings. The molecule has 98 valence electrons. The van der Waals surface area contributed by atoms with Gasteiger partial charge in [-0.15, -0.1) is 0 Å². The number of benzene rings is 1. The predicted octanol–water partition coefficient (Wildman–Crippen LogP) is 1.45. The first-order valence-electron chi connectivity index (χ1n) is 5.92. The predicted molar refractivity (Wildman–Crippen MR) is 73.2 cm³/mol. The van der Waals surface area contributed by atoms with Gasteiger partial charge in [-0.1, -0.05) is 22.0 Å². The summed E-state index contributed by atoms with van der Waals surface area (Å²) in [5.41, 5.74) is 1.28. The highest BCUT2D eigenvalue weighted by molar-refractivity contribution is 9.10. The summed E-state index contributed by atoms with van der Waals surface area (Å²) in [6.45, 7) is 0.783. The molecule has 0 bridgehead atoms. The molecule has 19 heavy (non-hydrogen) atoms. The number of likely N-dealkylation sites (tertiary alicyclic amines) is 1. The van der Waals surface area contributed by atoms with E-state index in [-0.39, 0.29) is 5.91 Å². The summed E-state index contributed by atoms with van der Waals surface area (Å²) in [5, 5.41) is 13.5. The lowest BCUT2D eigenvalue weighted by Crippen LogP contribution is -2.53. The van der Waals surface area contributed by atoms with E-state index < -0.39 is 6.10 Å². The van der Waals surface area contributed by atoms with E-state index in [9.17, 15) is 9.90 Å². The van der Waals surface area contributed by atoms with Gasteiger partial charge in [0, 0.05) is 23.8 Å². The Labute approximate surface area is 118 Å². The maximum Gasteiger partial charge on any atom is 0.274 e. The number of carbonyl (C=O) groups is 1.